The third-order valence-corrected chi connectivity index (χ3v) is 5.57. The molecule has 2 aromatic rings. The van der Waals surface area contributed by atoms with Gasteiger partial charge in [-0.1, -0.05) is 46.3 Å². The van der Waals surface area contributed by atoms with Gasteiger partial charge in [0.2, 0.25) is 0 Å². The molecular formula is C20H15BrO3. The van der Waals surface area contributed by atoms with Gasteiger partial charge in [-0.3, -0.25) is 9.59 Å². The first-order valence-electron chi connectivity index (χ1n) is 7.82. The van der Waals surface area contributed by atoms with Crippen LogP contribution in [-0.2, 0) is 15.0 Å². The standard InChI is InChI=1S/C20H15BrO3/c1-12-10-15(22)11-17(13-6-8-14(21)9-7-13)20(12)16-4-2-3-5-18(16)24-19(20)23/h2-10,17H,11H2,1H3/t17-,20+/m1/s1. The van der Waals surface area contributed by atoms with Crippen LogP contribution < -0.4 is 4.74 Å². The normalized spacial score (nSPS) is 25.4. The Morgan fingerprint density at radius 3 is 2.54 bits per heavy atom. The van der Waals surface area contributed by atoms with Gasteiger partial charge in [-0.25, -0.2) is 0 Å². The second-order valence-corrected chi connectivity index (χ2v) is 7.21. The zero-order chi connectivity index (χ0) is 16.9. The molecular weight excluding hydrogens is 368 g/mol. The van der Waals surface area contributed by atoms with Crippen molar-refractivity contribution < 1.29 is 14.3 Å². The summed E-state index contributed by atoms with van der Waals surface area (Å²) < 4.78 is 6.54. The second-order valence-electron chi connectivity index (χ2n) is 6.30. The highest BCUT2D eigenvalue weighted by Gasteiger charge is 2.57. The lowest BCUT2D eigenvalue weighted by atomic mass is 9.60. The van der Waals surface area contributed by atoms with Crippen LogP contribution in [0.1, 0.15) is 30.4 Å². The van der Waals surface area contributed by atoms with E-state index < -0.39 is 5.41 Å². The Labute approximate surface area is 148 Å². The fourth-order valence-electron chi connectivity index (χ4n) is 3.98. The van der Waals surface area contributed by atoms with E-state index in [1.807, 2.05) is 55.5 Å². The van der Waals surface area contributed by atoms with Crippen LogP contribution in [0, 0.1) is 0 Å². The number of allylic oxidation sites excluding steroid dienone is 1. The minimum atomic E-state index is -0.918. The molecule has 120 valence electrons. The summed E-state index contributed by atoms with van der Waals surface area (Å²) >= 11 is 3.44. The van der Waals surface area contributed by atoms with Gasteiger partial charge in [0.25, 0.3) is 0 Å². The van der Waals surface area contributed by atoms with Crippen LogP contribution in [0.15, 0.2) is 64.7 Å². The van der Waals surface area contributed by atoms with Gasteiger partial charge in [0, 0.05) is 22.4 Å². The second kappa shape index (κ2) is 5.42. The molecule has 1 spiro atoms. The molecule has 2 aliphatic rings. The zero-order valence-corrected chi connectivity index (χ0v) is 14.7. The van der Waals surface area contributed by atoms with Crippen molar-refractivity contribution in [2.24, 2.45) is 0 Å². The van der Waals surface area contributed by atoms with Crippen molar-refractivity contribution in [2.75, 3.05) is 0 Å². The summed E-state index contributed by atoms with van der Waals surface area (Å²) in [7, 11) is 0. The fourth-order valence-corrected chi connectivity index (χ4v) is 4.25. The highest BCUT2D eigenvalue weighted by Crippen LogP contribution is 2.55. The van der Waals surface area contributed by atoms with E-state index in [0.717, 1.165) is 21.2 Å². The molecule has 0 fully saturated rings. The van der Waals surface area contributed by atoms with Crippen molar-refractivity contribution in [2.45, 2.75) is 24.7 Å². The van der Waals surface area contributed by atoms with Crippen LogP contribution >= 0.6 is 15.9 Å². The number of ketones is 1. The van der Waals surface area contributed by atoms with Gasteiger partial charge in [0.05, 0.1) is 0 Å². The molecule has 1 heterocycles. The molecule has 3 nitrogen and oxygen atoms in total. The molecule has 0 aromatic heterocycles. The van der Waals surface area contributed by atoms with Crippen LogP contribution in [0.25, 0.3) is 0 Å². The van der Waals surface area contributed by atoms with E-state index in [9.17, 15) is 9.59 Å². The van der Waals surface area contributed by atoms with Gasteiger partial charge in [0.1, 0.15) is 11.2 Å². The van der Waals surface area contributed by atoms with Crippen molar-refractivity contribution in [3.05, 3.63) is 75.8 Å². The summed E-state index contributed by atoms with van der Waals surface area (Å²) in [4.78, 5) is 25.2. The van der Waals surface area contributed by atoms with Crippen molar-refractivity contribution in [1.29, 1.82) is 0 Å². The minimum absolute atomic E-state index is 0.0447. The Kier molecular flexibility index (Phi) is 3.46. The summed E-state index contributed by atoms with van der Waals surface area (Å²) in [6, 6.07) is 15.3. The highest BCUT2D eigenvalue weighted by atomic mass is 79.9. The van der Waals surface area contributed by atoms with E-state index in [-0.39, 0.29) is 17.7 Å². The van der Waals surface area contributed by atoms with Crippen LogP contribution in [-0.4, -0.2) is 11.8 Å². The van der Waals surface area contributed by atoms with Gasteiger partial charge in [-0.2, -0.15) is 0 Å². The predicted molar refractivity (Wildman–Crippen MR) is 94.0 cm³/mol. The lowest BCUT2D eigenvalue weighted by molar-refractivity contribution is -0.138. The number of fused-ring (bicyclic) bond motifs is 2. The van der Waals surface area contributed by atoms with Gasteiger partial charge >= 0.3 is 5.97 Å². The topological polar surface area (TPSA) is 43.4 Å². The maximum absolute atomic E-state index is 13.0. The summed E-state index contributed by atoms with van der Waals surface area (Å²) in [5.74, 6) is 0.0760. The molecule has 0 saturated carbocycles. The first kappa shape index (κ1) is 15.3. The van der Waals surface area contributed by atoms with Crippen molar-refractivity contribution >= 4 is 27.7 Å². The summed E-state index contributed by atoms with van der Waals surface area (Å²) in [5.41, 5.74) is 1.65. The molecule has 1 aliphatic carbocycles. The molecule has 0 N–H and O–H groups in total. The van der Waals surface area contributed by atoms with Gasteiger partial charge < -0.3 is 4.74 Å². The number of benzene rings is 2. The molecule has 2 aromatic carbocycles. The number of esters is 1. The number of carbonyl (C=O) groups excluding carboxylic acids is 2. The van der Waals surface area contributed by atoms with Crippen molar-refractivity contribution in [3.63, 3.8) is 0 Å². The average molecular weight is 383 g/mol. The number of carbonyl (C=O) groups is 2. The van der Waals surface area contributed by atoms with Gasteiger partial charge in [-0.15, -0.1) is 0 Å². The number of para-hydroxylation sites is 1. The van der Waals surface area contributed by atoms with Crippen molar-refractivity contribution in [1.82, 2.24) is 0 Å². The maximum Gasteiger partial charge on any atom is 0.326 e. The number of hydrogen-bond donors (Lipinski definition) is 0. The molecule has 0 radical (unpaired) electrons. The smallest absolute Gasteiger partial charge is 0.326 e. The van der Waals surface area contributed by atoms with E-state index in [2.05, 4.69) is 15.9 Å². The van der Waals surface area contributed by atoms with E-state index in [4.69, 9.17) is 4.74 Å². The van der Waals surface area contributed by atoms with Crippen molar-refractivity contribution in [3.8, 4) is 5.75 Å². The predicted octanol–water partition coefficient (Wildman–Crippen LogP) is 4.31. The first-order valence-corrected chi connectivity index (χ1v) is 8.61. The molecule has 4 rings (SSSR count). The number of rotatable bonds is 1. The molecule has 4 heteroatoms. The first-order chi connectivity index (χ1) is 11.5. The van der Waals surface area contributed by atoms with Crippen LogP contribution in [0.4, 0.5) is 0 Å². The maximum atomic E-state index is 13.0. The fraction of sp³-hybridized carbons (Fsp3) is 0.200. The largest absolute Gasteiger partial charge is 0.425 e. The Morgan fingerprint density at radius 2 is 1.79 bits per heavy atom. The summed E-state index contributed by atoms with van der Waals surface area (Å²) in [6.07, 6.45) is 1.89. The van der Waals surface area contributed by atoms with Gasteiger partial charge in [0.15, 0.2) is 5.78 Å². The van der Waals surface area contributed by atoms with E-state index in [1.54, 1.807) is 6.08 Å². The summed E-state index contributed by atoms with van der Waals surface area (Å²) in [6.45, 7) is 1.85. The average Bonchev–Trinajstić information content (AvgIpc) is 2.85. The lowest BCUT2D eigenvalue weighted by Gasteiger charge is -2.38. The third-order valence-electron chi connectivity index (χ3n) is 5.04. The quantitative estimate of drug-likeness (QED) is 0.545. The lowest BCUT2D eigenvalue weighted by Crippen LogP contribution is -2.44. The van der Waals surface area contributed by atoms with Gasteiger partial charge in [-0.05, 0) is 42.3 Å². The Balaban J connectivity index is 1.99. The van der Waals surface area contributed by atoms with E-state index in [0.29, 0.717) is 12.2 Å². The SMILES string of the molecule is CC1=CC(=O)C[C@H](c2ccc(Br)cc2)[C@]12C(=O)Oc1ccccc12. The molecule has 24 heavy (non-hydrogen) atoms. The molecule has 0 amide bonds. The summed E-state index contributed by atoms with van der Waals surface area (Å²) in [5, 5.41) is 0. The molecule has 0 saturated heterocycles. The number of ether oxygens (including phenoxy) is 1. The van der Waals surface area contributed by atoms with Crippen LogP contribution in [0.5, 0.6) is 5.75 Å². The number of hydrogen-bond acceptors (Lipinski definition) is 3. The highest BCUT2D eigenvalue weighted by molar-refractivity contribution is 9.10. The zero-order valence-electron chi connectivity index (χ0n) is 13.1. The third kappa shape index (κ3) is 2.02. The van der Waals surface area contributed by atoms with Crippen LogP contribution in [0.2, 0.25) is 0 Å². The van der Waals surface area contributed by atoms with Crippen LogP contribution in [0.3, 0.4) is 0 Å². The molecule has 2 atom stereocenters. The number of halogens is 1. The Hall–Kier alpha value is -2.20. The molecule has 0 unspecified atom stereocenters. The molecule has 0 bridgehead atoms. The monoisotopic (exact) mass is 382 g/mol. The Bertz CT molecular complexity index is 882. The van der Waals surface area contributed by atoms with E-state index in [1.165, 1.54) is 0 Å². The molecule has 1 aliphatic heterocycles. The Morgan fingerprint density at radius 1 is 1.08 bits per heavy atom. The van der Waals surface area contributed by atoms with E-state index >= 15 is 0 Å². The minimum Gasteiger partial charge on any atom is -0.425 e.